The van der Waals surface area contributed by atoms with E-state index in [1.165, 1.54) is 33.5 Å². The summed E-state index contributed by atoms with van der Waals surface area (Å²) < 4.78 is 79.2. The highest BCUT2D eigenvalue weighted by molar-refractivity contribution is 7.89. The summed E-state index contributed by atoms with van der Waals surface area (Å²) in [6, 6.07) is 13.3. The van der Waals surface area contributed by atoms with Gasteiger partial charge in [-0.3, -0.25) is 4.79 Å². The third kappa shape index (κ3) is 12.4. The highest BCUT2D eigenvalue weighted by atomic mass is 35.5. The number of alkyl halides is 3. The maximum absolute atomic E-state index is 13.9. The van der Waals surface area contributed by atoms with Gasteiger partial charge in [-0.15, -0.1) is 0 Å². The molecule has 1 saturated heterocycles. The Kier molecular flexibility index (Phi) is 13.7. The number of sulfonamides is 1. The Morgan fingerprint density at radius 2 is 1.42 bits per heavy atom. The highest BCUT2D eigenvalue weighted by Gasteiger charge is 2.35. The predicted octanol–water partition coefficient (Wildman–Crippen LogP) is 6.85. The lowest BCUT2D eigenvalue weighted by molar-refractivity contribution is -0.137. The Labute approximate surface area is 324 Å². The molecule has 55 heavy (non-hydrogen) atoms. The lowest BCUT2D eigenvalue weighted by Gasteiger charge is -2.35. The van der Waals surface area contributed by atoms with Crippen molar-refractivity contribution in [2.24, 2.45) is 0 Å². The van der Waals surface area contributed by atoms with Gasteiger partial charge in [-0.2, -0.15) is 17.5 Å². The van der Waals surface area contributed by atoms with Crippen LogP contribution in [0.1, 0.15) is 69.4 Å². The first-order valence-electron chi connectivity index (χ1n) is 17.5. The van der Waals surface area contributed by atoms with Gasteiger partial charge in [0.05, 0.1) is 15.5 Å². The number of alkyl carbamates (subject to hydrolysis) is 2. The maximum Gasteiger partial charge on any atom is 0.418 e. The standard InChI is InChI=1S/C37H46ClF3N6O7S/c1-35(2,3)53-33(49)42-16-7-17-47(32(48)26-10-8-25(9-11-26)23-44-34(50)54-36(4,5)6)27-12-14-28(15-13-27)55(51,52)46-20-18-45(19-21-46)31-22-29(37(39,40)41)30(38)24-43-31/h8-15,22,24H,7,16-21,23H2,1-6H3,(H,42,49)(H,44,50). The number of carbonyl (C=O) groups excluding carboxylic acids is 3. The zero-order chi connectivity index (χ0) is 40.8. The number of aromatic nitrogens is 1. The average molecular weight is 811 g/mol. The largest absolute Gasteiger partial charge is 0.444 e. The molecule has 3 aromatic rings. The molecular weight excluding hydrogens is 765 g/mol. The molecule has 300 valence electrons. The zero-order valence-electron chi connectivity index (χ0n) is 31.5. The third-order valence-electron chi connectivity index (χ3n) is 8.00. The number of benzene rings is 2. The van der Waals surface area contributed by atoms with Crippen molar-refractivity contribution in [3.05, 3.63) is 82.5 Å². The first kappa shape index (κ1) is 43.1. The molecule has 0 bridgehead atoms. The fourth-order valence-electron chi connectivity index (χ4n) is 5.42. The number of ether oxygens (including phenoxy) is 2. The van der Waals surface area contributed by atoms with Crippen LogP contribution in [0.25, 0.3) is 0 Å². The number of nitrogens with one attached hydrogen (secondary N) is 2. The van der Waals surface area contributed by atoms with Gasteiger partial charge in [-0.1, -0.05) is 23.7 Å². The minimum absolute atomic E-state index is 0.00566. The van der Waals surface area contributed by atoms with E-state index in [0.29, 0.717) is 17.7 Å². The van der Waals surface area contributed by atoms with Crippen LogP contribution in [0.5, 0.6) is 0 Å². The molecule has 0 atom stereocenters. The number of pyridine rings is 1. The van der Waals surface area contributed by atoms with Crippen LogP contribution in [-0.4, -0.2) is 86.3 Å². The third-order valence-corrected chi connectivity index (χ3v) is 10.2. The summed E-state index contributed by atoms with van der Waals surface area (Å²) in [5.74, 6) is -0.351. The van der Waals surface area contributed by atoms with Gasteiger partial charge in [0.1, 0.15) is 17.0 Å². The molecule has 13 nitrogen and oxygen atoms in total. The van der Waals surface area contributed by atoms with Gasteiger partial charge in [0.15, 0.2) is 0 Å². The zero-order valence-corrected chi connectivity index (χ0v) is 33.1. The van der Waals surface area contributed by atoms with Crippen molar-refractivity contribution in [1.82, 2.24) is 19.9 Å². The first-order valence-corrected chi connectivity index (χ1v) is 19.3. The number of nitrogens with zero attached hydrogens (tertiary/aromatic N) is 4. The quantitative estimate of drug-likeness (QED) is 0.198. The maximum atomic E-state index is 13.9. The molecule has 3 amide bonds. The van der Waals surface area contributed by atoms with Crippen LogP contribution in [0.2, 0.25) is 5.02 Å². The van der Waals surface area contributed by atoms with Crippen molar-refractivity contribution >= 4 is 51.2 Å². The van der Waals surface area contributed by atoms with Crippen molar-refractivity contribution in [2.45, 2.75) is 76.8 Å². The lowest BCUT2D eigenvalue weighted by Crippen LogP contribution is -2.49. The first-order chi connectivity index (χ1) is 25.5. The molecule has 0 spiro atoms. The molecule has 0 saturated carbocycles. The summed E-state index contributed by atoms with van der Waals surface area (Å²) in [6.45, 7) is 11.2. The molecule has 1 fully saturated rings. The SMILES string of the molecule is CC(C)(C)OC(=O)NCCCN(C(=O)c1ccc(CNC(=O)OC(C)(C)C)cc1)c1ccc(S(=O)(=O)N2CCN(c3cc(C(F)(F)F)c(Cl)cn3)CC2)cc1. The summed E-state index contributed by atoms with van der Waals surface area (Å²) >= 11 is 5.71. The van der Waals surface area contributed by atoms with Gasteiger partial charge in [-0.25, -0.2) is 23.0 Å². The molecule has 2 heterocycles. The second kappa shape index (κ2) is 17.5. The van der Waals surface area contributed by atoms with E-state index in [0.717, 1.165) is 17.8 Å². The van der Waals surface area contributed by atoms with Gasteiger partial charge < -0.3 is 29.9 Å². The lowest BCUT2D eigenvalue weighted by atomic mass is 10.1. The van der Waals surface area contributed by atoms with E-state index in [1.54, 1.807) is 70.7 Å². The Hall–Kier alpha value is -4.61. The summed E-state index contributed by atoms with van der Waals surface area (Å²) in [4.78, 5) is 45.1. The van der Waals surface area contributed by atoms with E-state index in [2.05, 4.69) is 15.6 Å². The predicted molar refractivity (Wildman–Crippen MR) is 202 cm³/mol. The van der Waals surface area contributed by atoms with E-state index in [9.17, 15) is 36.0 Å². The molecule has 1 aliphatic heterocycles. The minimum Gasteiger partial charge on any atom is -0.444 e. The number of hydrogen-bond donors (Lipinski definition) is 2. The fraction of sp³-hybridized carbons (Fsp3) is 0.459. The molecule has 4 rings (SSSR count). The van der Waals surface area contributed by atoms with E-state index < -0.39 is 50.2 Å². The normalized spacial score (nSPS) is 14.3. The Morgan fingerprint density at radius 1 is 0.855 bits per heavy atom. The molecule has 0 radical (unpaired) electrons. The Balaban J connectivity index is 1.47. The van der Waals surface area contributed by atoms with Crippen LogP contribution >= 0.6 is 11.6 Å². The van der Waals surface area contributed by atoms with Crippen LogP contribution in [0.3, 0.4) is 0 Å². The van der Waals surface area contributed by atoms with Crippen LogP contribution in [0, 0.1) is 0 Å². The molecule has 18 heteroatoms. The molecule has 0 aliphatic carbocycles. The monoisotopic (exact) mass is 810 g/mol. The second-order valence-electron chi connectivity index (χ2n) is 14.7. The molecular formula is C37H46ClF3N6O7S. The molecule has 2 N–H and O–H groups in total. The molecule has 1 aromatic heterocycles. The average Bonchev–Trinajstić information content (AvgIpc) is 3.09. The number of hydrogen-bond acceptors (Lipinski definition) is 9. The number of amides is 3. The van der Waals surface area contributed by atoms with Gasteiger partial charge >= 0.3 is 18.4 Å². The van der Waals surface area contributed by atoms with Gasteiger partial charge in [0, 0.05) is 63.3 Å². The van der Waals surface area contributed by atoms with E-state index >= 15 is 0 Å². The van der Waals surface area contributed by atoms with Crippen molar-refractivity contribution in [1.29, 1.82) is 0 Å². The topological polar surface area (TPSA) is 150 Å². The van der Waals surface area contributed by atoms with Crippen LogP contribution in [0.15, 0.2) is 65.7 Å². The van der Waals surface area contributed by atoms with E-state index in [-0.39, 0.29) is 62.4 Å². The van der Waals surface area contributed by atoms with Crippen LogP contribution in [0.4, 0.5) is 34.3 Å². The Bertz CT molecular complexity index is 1930. The molecule has 0 unspecified atom stereocenters. The van der Waals surface area contributed by atoms with Crippen molar-refractivity contribution < 1.29 is 45.4 Å². The van der Waals surface area contributed by atoms with Crippen molar-refractivity contribution in [2.75, 3.05) is 49.1 Å². The number of halogens is 4. The van der Waals surface area contributed by atoms with Gasteiger partial charge in [0.25, 0.3) is 5.91 Å². The molecule has 1 aliphatic rings. The van der Waals surface area contributed by atoms with Crippen LogP contribution in [-0.2, 0) is 32.2 Å². The van der Waals surface area contributed by atoms with Crippen molar-refractivity contribution in [3.8, 4) is 0 Å². The van der Waals surface area contributed by atoms with Gasteiger partial charge in [-0.05, 0) is 96.0 Å². The number of rotatable bonds is 11. The molecule has 2 aromatic carbocycles. The van der Waals surface area contributed by atoms with Gasteiger partial charge in [0.2, 0.25) is 10.0 Å². The van der Waals surface area contributed by atoms with Crippen LogP contribution < -0.4 is 20.4 Å². The fourth-order valence-corrected chi connectivity index (χ4v) is 7.05. The highest BCUT2D eigenvalue weighted by Crippen LogP contribution is 2.36. The Morgan fingerprint density at radius 3 is 1.96 bits per heavy atom. The summed E-state index contributed by atoms with van der Waals surface area (Å²) in [5, 5.41) is 4.81. The second-order valence-corrected chi connectivity index (χ2v) is 17.0. The number of piperazine rings is 1. The summed E-state index contributed by atoms with van der Waals surface area (Å²) in [5.41, 5.74) is -0.919. The van der Waals surface area contributed by atoms with E-state index in [4.69, 9.17) is 21.1 Å². The van der Waals surface area contributed by atoms with E-state index in [1.807, 2.05) is 0 Å². The smallest absolute Gasteiger partial charge is 0.418 e. The number of anilines is 2. The number of carbonyl (C=O) groups is 3. The minimum atomic E-state index is -4.67. The summed E-state index contributed by atoms with van der Waals surface area (Å²) in [7, 11) is -4.01. The summed E-state index contributed by atoms with van der Waals surface area (Å²) in [6.07, 6.45) is -4.59. The van der Waals surface area contributed by atoms with Crippen molar-refractivity contribution in [3.63, 3.8) is 0 Å².